The van der Waals surface area contributed by atoms with Crippen LogP contribution in [0.2, 0.25) is 0 Å². The minimum absolute atomic E-state index is 0.0725. The summed E-state index contributed by atoms with van der Waals surface area (Å²) in [6.45, 7) is 11.8. The summed E-state index contributed by atoms with van der Waals surface area (Å²) < 4.78 is 0. The van der Waals surface area contributed by atoms with Gasteiger partial charge in [-0.1, -0.05) is 59.1 Å². The van der Waals surface area contributed by atoms with Gasteiger partial charge in [-0.15, -0.1) is 0 Å². The number of fused-ring (bicyclic) bond motifs is 5. The van der Waals surface area contributed by atoms with Gasteiger partial charge in [-0.3, -0.25) is 9.59 Å². The van der Waals surface area contributed by atoms with E-state index in [0.29, 0.717) is 23.2 Å². The zero-order valence-electron chi connectivity index (χ0n) is 20.2. The van der Waals surface area contributed by atoms with Crippen LogP contribution in [0.3, 0.4) is 0 Å². The number of hydrogen-bond donors (Lipinski definition) is 1. The molecule has 0 amide bonds. The third-order valence-corrected chi connectivity index (χ3v) is 10.6. The number of carboxylic acid groups (broad SMARTS) is 1. The molecule has 4 rings (SSSR count). The number of hydrogen-bond acceptors (Lipinski definition) is 2. The third-order valence-electron chi connectivity index (χ3n) is 10.6. The fourth-order valence-corrected chi connectivity index (χ4v) is 8.58. The zero-order chi connectivity index (χ0) is 22.6. The quantitative estimate of drug-likeness (QED) is 0.515. The van der Waals surface area contributed by atoms with Gasteiger partial charge in [-0.2, -0.15) is 0 Å². The molecule has 0 aromatic carbocycles. The molecule has 3 nitrogen and oxygen atoms in total. The van der Waals surface area contributed by atoms with Gasteiger partial charge in [0.25, 0.3) is 0 Å². The van der Waals surface area contributed by atoms with Crippen molar-refractivity contribution in [2.75, 3.05) is 0 Å². The van der Waals surface area contributed by atoms with Crippen molar-refractivity contribution >= 4 is 11.8 Å². The highest BCUT2D eigenvalue weighted by molar-refractivity contribution is 6.01. The van der Waals surface area contributed by atoms with Crippen LogP contribution in [0.1, 0.15) is 86.0 Å². The van der Waals surface area contributed by atoms with Gasteiger partial charge in [0, 0.05) is 5.41 Å². The van der Waals surface area contributed by atoms with Gasteiger partial charge < -0.3 is 5.11 Å². The fraction of sp³-hybridized carbons (Fsp3) is 0.786. The van der Waals surface area contributed by atoms with Gasteiger partial charge in [-0.25, -0.2) is 0 Å². The van der Waals surface area contributed by atoms with Crippen LogP contribution >= 0.6 is 0 Å². The lowest BCUT2D eigenvalue weighted by Gasteiger charge is -2.60. The van der Waals surface area contributed by atoms with E-state index in [1.807, 2.05) is 19.1 Å². The number of rotatable bonds is 6. The number of carboxylic acids is 1. The second kappa shape index (κ2) is 8.19. The van der Waals surface area contributed by atoms with Crippen LogP contribution in [-0.2, 0) is 9.59 Å². The summed E-state index contributed by atoms with van der Waals surface area (Å²) in [6, 6.07) is 0. The summed E-state index contributed by atoms with van der Waals surface area (Å²) >= 11 is 0. The van der Waals surface area contributed by atoms with Crippen LogP contribution in [-0.4, -0.2) is 16.9 Å². The van der Waals surface area contributed by atoms with Crippen LogP contribution in [0.25, 0.3) is 0 Å². The molecule has 0 aromatic rings. The van der Waals surface area contributed by atoms with E-state index in [1.165, 1.54) is 31.3 Å². The summed E-state index contributed by atoms with van der Waals surface area (Å²) in [5.41, 5.74) is 1.85. The molecule has 3 saturated carbocycles. The molecule has 3 heteroatoms. The van der Waals surface area contributed by atoms with E-state index < -0.39 is 5.97 Å². The maximum absolute atomic E-state index is 12.0. The Labute approximate surface area is 188 Å². The van der Waals surface area contributed by atoms with Crippen LogP contribution in [0, 0.1) is 52.3 Å². The Hall–Kier alpha value is -1.38. The van der Waals surface area contributed by atoms with Gasteiger partial charge in [0.15, 0.2) is 5.78 Å². The predicted molar refractivity (Wildman–Crippen MR) is 124 cm³/mol. The summed E-state index contributed by atoms with van der Waals surface area (Å²) in [4.78, 5) is 23.2. The molecule has 1 N–H and O–H groups in total. The monoisotopic (exact) mass is 426 g/mol. The molecule has 0 spiro atoms. The molecule has 31 heavy (non-hydrogen) atoms. The number of carbonyl (C=O) groups is 2. The van der Waals surface area contributed by atoms with E-state index in [-0.39, 0.29) is 17.1 Å². The normalized spacial score (nSPS) is 43.5. The van der Waals surface area contributed by atoms with Crippen molar-refractivity contribution in [3.8, 4) is 0 Å². The summed E-state index contributed by atoms with van der Waals surface area (Å²) in [5.74, 6) is 3.61. The van der Waals surface area contributed by atoms with E-state index in [9.17, 15) is 14.7 Å². The Morgan fingerprint density at radius 1 is 1.16 bits per heavy atom. The van der Waals surface area contributed by atoms with Crippen LogP contribution in [0.15, 0.2) is 23.8 Å². The molecule has 0 saturated heterocycles. The summed E-state index contributed by atoms with van der Waals surface area (Å²) in [5, 5.41) is 9.19. The molecule has 4 aliphatic rings. The van der Waals surface area contributed by atoms with Crippen molar-refractivity contribution < 1.29 is 14.7 Å². The van der Waals surface area contributed by atoms with E-state index >= 15 is 0 Å². The molecule has 0 bridgehead atoms. The smallest absolute Gasteiger partial charge is 0.306 e. The van der Waals surface area contributed by atoms with Crippen molar-refractivity contribution in [1.29, 1.82) is 0 Å². The standard InChI is InChI=1S/C28H42O3/c1-17(7-6-8-18(2)26(30)31)23-11-12-24-22-10-9-20-16-21(29)13-14-27(20,4)25(22)15-19(3)28(23,24)5/h13-14,16-19,22-25H,6-12,15H2,1-5H3,(H,30,31)/t17-,18+,19-,22+,23-,24+,25+,27+,28-/m1/s1. The minimum Gasteiger partial charge on any atom is -0.481 e. The first-order valence-electron chi connectivity index (χ1n) is 12.8. The van der Waals surface area contributed by atoms with Crippen LogP contribution in [0.4, 0.5) is 0 Å². The lowest BCUT2D eigenvalue weighted by molar-refractivity contribution is -0.141. The maximum atomic E-state index is 12.0. The highest BCUT2D eigenvalue weighted by Gasteiger charge is 2.61. The lowest BCUT2D eigenvalue weighted by atomic mass is 9.44. The predicted octanol–water partition coefficient (Wildman–Crippen LogP) is 6.68. The van der Waals surface area contributed by atoms with Gasteiger partial charge in [0.05, 0.1) is 5.92 Å². The Morgan fingerprint density at radius 2 is 1.90 bits per heavy atom. The molecule has 0 heterocycles. The summed E-state index contributed by atoms with van der Waals surface area (Å²) in [6.07, 6.45) is 15.3. The maximum Gasteiger partial charge on any atom is 0.306 e. The topological polar surface area (TPSA) is 54.4 Å². The molecule has 0 radical (unpaired) electrons. The number of carbonyl (C=O) groups excluding carboxylic acids is 1. The zero-order valence-corrected chi connectivity index (χ0v) is 20.2. The largest absolute Gasteiger partial charge is 0.481 e. The molecule has 4 aliphatic carbocycles. The second-order valence-electron chi connectivity index (χ2n) is 11.9. The van der Waals surface area contributed by atoms with Crippen molar-refractivity contribution in [2.24, 2.45) is 52.3 Å². The number of allylic oxidation sites excluding steroid dienone is 4. The Morgan fingerprint density at radius 3 is 2.61 bits per heavy atom. The van der Waals surface area contributed by atoms with Crippen LogP contribution < -0.4 is 0 Å². The van der Waals surface area contributed by atoms with Crippen molar-refractivity contribution in [3.63, 3.8) is 0 Å². The third kappa shape index (κ3) is 3.64. The van der Waals surface area contributed by atoms with Gasteiger partial charge in [0.2, 0.25) is 0 Å². The molecule has 3 fully saturated rings. The fourth-order valence-electron chi connectivity index (χ4n) is 8.58. The highest BCUT2D eigenvalue weighted by atomic mass is 16.4. The highest BCUT2D eigenvalue weighted by Crippen LogP contribution is 2.68. The van der Waals surface area contributed by atoms with Crippen molar-refractivity contribution in [2.45, 2.75) is 86.0 Å². The van der Waals surface area contributed by atoms with E-state index in [0.717, 1.165) is 43.4 Å². The Bertz CT molecular complexity index is 794. The Balaban J connectivity index is 1.50. The molecule has 0 unspecified atom stereocenters. The first-order chi connectivity index (χ1) is 14.6. The van der Waals surface area contributed by atoms with Crippen molar-refractivity contribution in [1.82, 2.24) is 0 Å². The Kier molecular flexibility index (Phi) is 6.03. The molecule has 9 atom stereocenters. The van der Waals surface area contributed by atoms with Gasteiger partial charge >= 0.3 is 5.97 Å². The second-order valence-corrected chi connectivity index (χ2v) is 11.9. The van der Waals surface area contributed by atoms with E-state index in [1.54, 1.807) is 0 Å². The summed E-state index contributed by atoms with van der Waals surface area (Å²) in [7, 11) is 0. The number of aliphatic carboxylic acids is 1. The average molecular weight is 427 g/mol. The van der Waals surface area contributed by atoms with Gasteiger partial charge in [-0.05, 0) is 91.6 Å². The molecule has 0 aliphatic heterocycles. The van der Waals surface area contributed by atoms with E-state index in [4.69, 9.17) is 0 Å². The minimum atomic E-state index is -0.662. The molecule has 0 aromatic heterocycles. The first-order valence-corrected chi connectivity index (χ1v) is 12.8. The molecular formula is C28H42O3. The molecule has 172 valence electrons. The average Bonchev–Trinajstić information content (AvgIpc) is 3.08. The number of ketones is 1. The van der Waals surface area contributed by atoms with Crippen LogP contribution in [0.5, 0.6) is 0 Å². The van der Waals surface area contributed by atoms with Crippen molar-refractivity contribution in [3.05, 3.63) is 23.8 Å². The SMILES string of the molecule is C[C@H](CCC[C@H](C)C(=O)O)[C@H]1CC[C@H]2[C@@H]3CCC4=CC(=O)C=C[C@]4(C)[C@H]3C[C@@H](C)[C@]12C. The molecular weight excluding hydrogens is 384 g/mol. The van der Waals surface area contributed by atoms with E-state index in [2.05, 4.69) is 33.8 Å². The van der Waals surface area contributed by atoms with Gasteiger partial charge in [0.1, 0.15) is 0 Å². The first kappa shape index (κ1) is 22.8. The lowest BCUT2D eigenvalue weighted by Crippen LogP contribution is -2.53.